The second-order valence-electron chi connectivity index (χ2n) is 9.98. The number of aromatic nitrogens is 3. The number of unbranched alkanes of at least 4 members (excludes halogenated alkanes) is 1. The zero-order chi connectivity index (χ0) is 31.4. The number of ketones is 2. The summed E-state index contributed by atoms with van der Waals surface area (Å²) >= 11 is 1.37. The molecule has 1 unspecified atom stereocenters. The Kier molecular flexibility index (Phi) is 19.7. The van der Waals surface area contributed by atoms with Crippen LogP contribution in [0.5, 0.6) is 0 Å². The summed E-state index contributed by atoms with van der Waals surface area (Å²) in [5.74, 6) is 1.10. The molecule has 0 bridgehead atoms. The second kappa shape index (κ2) is 21.4. The third-order valence-electron chi connectivity index (χ3n) is 6.09. The van der Waals surface area contributed by atoms with Gasteiger partial charge in [-0.3, -0.25) is 9.59 Å². The van der Waals surface area contributed by atoms with E-state index in [1.165, 1.54) is 56.6 Å². The lowest BCUT2D eigenvalue weighted by Gasteiger charge is -2.04. The fourth-order valence-corrected chi connectivity index (χ4v) is 4.09. The predicted molar refractivity (Wildman–Crippen MR) is 178 cm³/mol. The average Bonchev–Trinajstić information content (AvgIpc) is 3.58. The molecule has 41 heavy (non-hydrogen) atoms. The second-order valence-corrected chi connectivity index (χ2v) is 10.8. The summed E-state index contributed by atoms with van der Waals surface area (Å²) in [6, 6.07) is 1.59. The molecule has 0 amide bonds. The minimum atomic E-state index is -0.261. The number of aryl methyl sites for hydroxylation is 1. The van der Waals surface area contributed by atoms with Crippen molar-refractivity contribution in [3.05, 3.63) is 69.7 Å². The van der Waals surface area contributed by atoms with Crippen molar-refractivity contribution in [1.29, 1.82) is 0 Å². The first-order valence-electron chi connectivity index (χ1n) is 14.7. The normalized spacial score (nSPS) is 10.9. The highest BCUT2D eigenvalue weighted by Gasteiger charge is 2.15. The molecule has 0 aliphatic carbocycles. The average molecular weight is 582 g/mol. The number of Topliss-reactive ketones (excluding diaryl/α,β-unsaturated/α-hetero) is 2. The maximum Gasteiger partial charge on any atom is 0.258 e. The van der Waals surface area contributed by atoms with Gasteiger partial charge in [0.05, 0.1) is 11.3 Å². The van der Waals surface area contributed by atoms with E-state index in [1.54, 1.807) is 19.1 Å². The maximum atomic E-state index is 12.1. The number of pyridine rings is 1. The highest BCUT2D eigenvalue weighted by atomic mass is 32.1. The number of hydrogen-bond acceptors (Lipinski definition) is 5. The predicted octanol–water partition coefficient (Wildman–Crippen LogP) is 9.83. The van der Waals surface area contributed by atoms with E-state index < -0.39 is 0 Å². The van der Waals surface area contributed by atoms with Gasteiger partial charge in [-0.2, -0.15) is 0 Å². The summed E-state index contributed by atoms with van der Waals surface area (Å²) in [5.41, 5.74) is 4.39. The summed E-state index contributed by atoms with van der Waals surface area (Å²) in [5, 5.41) is 2.49. The molecule has 0 fully saturated rings. The van der Waals surface area contributed by atoms with E-state index in [0.717, 1.165) is 28.4 Å². The Morgan fingerprint density at radius 3 is 2.22 bits per heavy atom. The van der Waals surface area contributed by atoms with Gasteiger partial charge in [-0.15, -0.1) is 11.3 Å². The van der Waals surface area contributed by atoms with Gasteiger partial charge in [0.15, 0.2) is 5.78 Å². The van der Waals surface area contributed by atoms with Gasteiger partial charge in [-0.1, -0.05) is 98.5 Å². The SMILES string of the molecule is C=C/C=C\c1c(-c2csc(-c3cc(C(C)=O)c[nH]c3=O)n2)c[nH]c1C.CCC.CCC(C)=O.CCCCC(C)CC. The molecule has 3 heterocycles. The molecule has 6 nitrogen and oxygen atoms in total. The van der Waals surface area contributed by atoms with E-state index in [2.05, 4.69) is 56.1 Å². The first-order chi connectivity index (χ1) is 19.5. The van der Waals surface area contributed by atoms with Crippen molar-refractivity contribution in [2.75, 3.05) is 0 Å². The van der Waals surface area contributed by atoms with E-state index >= 15 is 0 Å². The fourth-order valence-electron chi connectivity index (χ4n) is 3.25. The van der Waals surface area contributed by atoms with Crippen LogP contribution in [0.25, 0.3) is 27.9 Å². The Morgan fingerprint density at radius 1 is 1.07 bits per heavy atom. The lowest BCUT2D eigenvalue weighted by Crippen LogP contribution is -2.10. The molecule has 0 radical (unpaired) electrons. The van der Waals surface area contributed by atoms with Crippen LogP contribution < -0.4 is 5.56 Å². The first kappa shape index (κ1) is 37.7. The summed E-state index contributed by atoms with van der Waals surface area (Å²) in [4.78, 5) is 43.9. The number of allylic oxidation sites excluding steroid dienone is 2. The van der Waals surface area contributed by atoms with Crippen molar-refractivity contribution in [1.82, 2.24) is 15.0 Å². The van der Waals surface area contributed by atoms with Crippen LogP contribution in [-0.4, -0.2) is 26.5 Å². The van der Waals surface area contributed by atoms with Crippen LogP contribution in [0.15, 0.2) is 47.4 Å². The number of carbonyl (C=O) groups excluding carboxylic acids is 2. The van der Waals surface area contributed by atoms with Crippen molar-refractivity contribution >= 4 is 29.0 Å². The van der Waals surface area contributed by atoms with Gasteiger partial charge in [0.2, 0.25) is 0 Å². The summed E-state index contributed by atoms with van der Waals surface area (Å²) in [7, 11) is 0. The molecule has 0 aromatic carbocycles. The lowest BCUT2D eigenvalue weighted by molar-refractivity contribution is -0.116. The first-order valence-corrected chi connectivity index (χ1v) is 15.5. The smallest absolute Gasteiger partial charge is 0.258 e. The van der Waals surface area contributed by atoms with Crippen LogP contribution in [0.2, 0.25) is 0 Å². The van der Waals surface area contributed by atoms with Gasteiger partial charge < -0.3 is 14.8 Å². The Hall–Kier alpha value is -3.32. The van der Waals surface area contributed by atoms with Gasteiger partial charge in [-0.05, 0) is 32.8 Å². The quantitative estimate of drug-likeness (QED) is 0.184. The van der Waals surface area contributed by atoms with Gasteiger partial charge >= 0.3 is 0 Å². The van der Waals surface area contributed by atoms with Crippen molar-refractivity contribution < 1.29 is 9.59 Å². The molecular formula is C34H51N3O3S. The highest BCUT2D eigenvalue weighted by Crippen LogP contribution is 2.31. The largest absolute Gasteiger partial charge is 0.364 e. The van der Waals surface area contributed by atoms with Gasteiger partial charge in [0, 0.05) is 46.6 Å². The van der Waals surface area contributed by atoms with Crippen molar-refractivity contribution in [3.63, 3.8) is 0 Å². The zero-order valence-electron chi connectivity index (χ0n) is 26.6. The molecule has 7 heteroatoms. The standard InChI is InChI=1S/C19H17N3O2S.C8H18.C4H8O.C3H8/c1-4-5-6-14-11(2)20-9-16(14)17-10-25-19(22-17)15-7-13(12(3)23)8-21-18(15)24;1-4-6-7-8(3)5-2;1-3-4(2)5;1-3-2/h4-10,20H,1H2,2-3H3,(H,21,24);8H,4-7H2,1-3H3;3H2,1-2H3;3H2,1-2H3/b6-5-;;;. The number of nitrogens with one attached hydrogen (secondary N) is 2. The minimum Gasteiger partial charge on any atom is -0.364 e. The minimum absolute atomic E-state index is 0.104. The third kappa shape index (κ3) is 14.2. The van der Waals surface area contributed by atoms with Crippen LogP contribution in [0.1, 0.15) is 116 Å². The van der Waals surface area contributed by atoms with Crippen LogP contribution in [-0.2, 0) is 4.79 Å². The number of thiazole rings is 1. The van der Waals surface area contributed by atoms with E-state index in [9.17, 15) is 14.4 Å². The summed E-state index contributed by atoms with van der Waals surface area (Å²) in [6.07, 6.45) is 16.3. The van der Waals surface area contributed by atoms with Crippen molar-refractivity contribution in [3.8, 4) is 21.8 Å². The Labute approximate surface area is 251 Å². The topological polar surface area (TPSA) is 95.7 Å². The van der Waals surface area contributed by atoms with Crippen LogP contribution >= 0.6 is 11.3 Å². The van der Waals surface area contributed by atoms with E-state index in [1.807, 2.05) is 37.6 Å². The van der Waals surface area contributed by atoms with Crippen molar-refractivity contribution in [2.45, 2.75) is 101 Å². The Balaban J connectivity index is 0.000000825. The molecule has 0 spiro atoms. The molecule has 0 aliphatic rings. The van der Waals surface area contributed by atoms with Crippen LogP contribution in [0.3, 0.4) is 0 Å². The monoisotopic (exact) mass is 581 g/mol. The van der Waals surface area contributed by atoms with E-state index in [0.29, 0.717) is 22.6 Å². The Bertz CT molecular complexity index is 1280. The van der Waals surface area contributed by atoms with Crippen molar-refractivity contribution in [2.24, 2.45) is 5.92 Å². The molecule has 3 aromatic rings. The lowest BCUT2D eigenvalue weighted by atomic mass is 10.0. The number of carbonyl (C=O) groups is 2. The fraction of sp³-hybridized carbons (Fsp3) is 0.471. The molecule has 2 N–H and O–H groups in total. The van der Waals surface area contributed by atoms with Gasteiger partial charge in [0.25, 0.3) is 5.56 Å². The van der Waals surface area contributed by atoms with Gasteiger partial charge in [0.1, 0.15) is 10.8 Å². The molecule has 0 saturated heterocycles. The molecular weight excluding hydrogens is 530 g/mol. The molecule has 0 aliphatic heterocycles. The Morgan fingerprint density at radius 2 is 1.71 bits per heavy atom. The molecule has 0 saturated carbocycles. The maximum absolute atomic E-state index is 12.1. The van der Waals surface area contributed by atoms with E-state index in [-0.39, 0.29) is 17.1 Å². The molecule has 1 atom stereocenters. The van der Waals surface area contributed by atoms with Crippen LogP contribution in [0.4, 0.5) is 0 Å². The zero-order valence-corrected chi connectivity index (χ0v) is 27.5. The highest BCUT2D eigenvalue weighted by molar-refractivity contribution is 7.13. The third-order valence-corrected chi connectivity index (χ3v) is 6.97. The molecule has 3 rings (SSSR count). The number of aromatic amines is 2. The van der Waals surface area contributed by atoms with Crippen LogP contribution in [0, 0.1) is 12.8 Å². The van der Waals surface area contributed by atoms with E-state index in [4.69, 9.17) is 0 Å². The summed E-state index contributed by atoms with van der Waals surface area (Å²) < 4.78 is 0. The summed E-state index contributed by atoms with van der Waals surface area (Å²) in [6.45, 7) is 21.7. The number of H-pyrrole nitrogens is 2. The van der Waals surface area contributed by atoms with Gasteiger partial charge in [-0.25, -0.2) is 4.98 Å². The molecule has 226 valence electrons. The number of nitrogens with zero attached hydrogens (tertiary/aromatic N) is 1. The number of hydrogen-bond donors (Lipinski definition) is 2. The molecule has 3 aromatic heterocycles. The number of rotatable bonds is 10.